The van der Waals surface area contributed by atoms with Gasteiger partial charge in [-0.25, -0.2) is 0 Å². The number of hydrogen-bond acceptors (Lipinski definition) is 1. The third-order valence-corrected chi connectivity index (χ3v) is 6.34. The Balaban J connectivity index is 1.73. The van der Waals surface area contributed by atoms with E-state index in [0.29, 0.717) is 6.42 Å². The van der Waals surface area contributed by atoms with Crippen LogP contribution in [0.5, 0.6) is 0 Å². The summed E-state index contributed by atoms with van der Waals surface area (Å²) in [5.74, 6) is 0.204. The molecule has 1 aliphatic heterocycles. The number of rotatable bonds is 5. The van der Waals surface area contributed by atoms with Gasteiger partial charge < -0.3 is 10.4 Å². The van der Waals surface area contributed by atoms with Gasteiger partial charge in [0, 0.05) is 29.9 Å². The van der Waals surface area contributed by atoms with Crippen LogP contribution in [0, 0.1) is 5.92 Å². The second-order valence-corrected chi connectivity index (χ2v) is 8.13. The van der Waals surface area contributed by atoms with Crippen LogP contribution in [0.2, 0.25) is 0 Å². The van der Waals surface area contributed by atoms with Gasteiger partial charge in [-0.2, -0.15) is 0 Å². The Kier molecular flexibility index (Phi) is 5.61. The van der Waals surface area contributed by atoms with Gasteiger partial charge in [0.15, 0.2) is 0 Å². The zero-order chi connectivity index (χ0) is 19.4. The SMILES string of the molecule is CCC1C(c2ccccc2)[NH2+]C(c2ccccc2)CC1(O)Cc1ccccc1. The van der Waals surface area contributed by atoms with E-state index in [2.05, 4.69) is 97.2 Å². The van der Waals surface area contributed by atoms with Gasteiger partial charge in [-0.15, -0.1) is 0 Å². The van der Waals surface area contributed by atoms with E-state index < -0.39 is 5.60 Å². The molecule has 3 aromatic rings. The fourth-order valence-corrected chi connectivity index (χ4v) is 5.05. The first-order valence-corrected chi connectivity index (χ1v) is 10.4. The number of quaternary nitrogens is 1. The highest BCUT2D eigenvalue weighted by Gasteiger charge is 2.50. The third-order valence-electron chi connectivity index (χ3n) is 6.34. The molecule has 1 heterocycles. The lowest BCUT2D eigenvalue weighted by atomic mass is 9.67. The topological polar surface area (TPSA) is 36.8 Å². The molecule has 1 saturated heterocycles. The number of piperidine rings is 1. The molecular formula is C26H30NO+. The molecule has 1 aliphatic rings. The van der Waals surface area contributed by atoms with Gasteiger partial charge in [-0.1, -0.05) is 97.9 Å². The average molecular weight is 373 g/mol. The predicted octanol–water partition coefficient (Wildman–Crippen LogP) is 4.44. The Labute approximate surface area is 168 Å². The summed E-state index contributed by atoms with van der Waals surface area (Å²) >= 11 is 0. The van der Waals surface area contributed by atoms with E-state index in [4.69, 9.17) is 0 Å². The summed E-state index contributed by atoms with van der Waals surface area (Å²) in [5, 5.41) is 14.5. The van der Waals surface area contributed by atoms with Gasteiger partial charge in [0.25, 0.3) is 0 Å². The molecule has 4 atom stereocenters. The fraction of sp³-hybridized carbons (Fsp3) is 0.308. The average Bonchev–Trinajstić information content (AvgIpc) is 2.75. The van der Waals surface area contributed by atoms with Crippen molar-refractivity contribution in [3.8, 4) is 0 Å². The lowest BCUT2D eigenvalue weighted by Gasteiger charge is -2.46. The molecule has 0 bridgehead atoms. The largest absolute Gasteiger partial charge is 0.389 e. The molecular weight excluding hydrogens is 342 g/mol. The maximum atomic E-state index is 12.0. The third kappa shape index (κ3) is 3.89. The highest BCUT2D eigenvalue weighted by Crippen LogP contribution is 2.42. The quantitative estimate of drug-likeness (QED) is 0.683. The van der Waals surface area contributed by atoms with Gasteiger partial charge in [0.2, 0.25) is 0 Å². The molecule has 3 aromatic carbocycles. The molecule has 3 N–H and O–H groups in total. The van der Waals surface area contributed by atoms with Crippen LogP contribution < -0.4 is 5.32 Å². The first-order valence-electron chi connectivity index (χ1n) is 10.4. The Morgan fingerprint density at radius 1 is 0.821 bits per heavy atom. The first-order chi connectivity index (χ1) is 13.7. The van der Waals surface area contributed by atoms with Crippen LogP contribution >= 0.6 is 0 Å². The molecule has 0 radical (unpaired) electrons. The Bertz CT molecular complexity index is 865. The second-order valence-electron chi connectivity index (χ2n) is 8.13. The van der Waals surface area contributed by atoms with Crippen molar-refractivity contribution in [2.24, 2.45) is 5.92 Å². The van der Waals surface area contributed by atoms with E-state index in [9.17, 15) is 5.11 Å². The van der Waals surface area contributed by atoms with Gasteiger partial charge >= 0.3 is 0 Å². The van der Waals surface area contributed by atoms with Crippen LogP contribution in [0.15, 0.2) is 91.0 Å². The summed E-state index contributed by atoms with van der Waals surface area (Å²) in [5.41, 5.74) is 3.08. The summed E-state index contributed by atoms with van der Waals surface area (Å²) < 4.78 is 0. The number of benzene rings is 3. The van der Waals surface area contributed by atoms with E-state index in [0.717, 1.165) is 12.8 Å². The summed E-state index contributed by atoms with van der Waals surface area (Å²) in [6, 6.07) is 32.3. The van der Waals surface area contributed by atoms with Gasteiger partial charge in [-0.3, -0.25) is 0 Å². The van der Waals surface area contributed by atoms with Crippen LogP contribution in [0.1, 0.15) is 48.5 Å². The lowest BCUT2D eigenvalue weighted by molar-refractivity contribution is -0.757. The Hall–Kier alpha value is -2.42. The summed E-state index contributed by atoms with van der Waals surface area (Å²) in [6.45, 7) is 2.22. The zero-order valence-electron chi connectivity index (χ0n) is 16.5. The van der Waals surface area contributed by atoms with Crippen molar-refractivity contribution >= 4 is 0 Å². The molecule has 4 unspecified atom stereocenters. The molecule has 1 fully saturated rings. The predicted molar refractivity (Wildman–Crippen MR) is 114 cm³/mol. The van der Waals surface area contributed by atoms with E-state index >= 15 is 0 Å². The molecule has 0 aliphatic carbocycles. The first kappa shape index (κ1) is 18.9. The normalized spacial score (nSPS) is 27.4. The maximum Gasteiger partial charge on any atom is 0.118 e. The Morgan fingerprint density at radius 2 is 1.36 bits per heavy atom. The minimum atomic E-state index is -0.730. The van der Waals surface area contributed by atoms with Crippen LogP contribution in [-0.2, 0) is 6.42 Å². The van der Waals surface area contributed by atoms with Crippen molar-refractivity contribution in [3.63, 3.8) is 0 Å². The summed E-state index contributed by atoms with van der Waals surface area (Å²) in [7, 11) is 0. The van der Waals surface area contributed by atoms with Crippen molar-refractivity contribution in [1.82, 2.24) is 0 Å². The van der Waals surface area contributed by atoms with Crippen LogP contribution in [0.25, 0.3) is 0 Å². The molecule has 2 nitrogen and oxygen atoms in total. The maximum absolute atomic E-state index is 12.0. The molecule has 2 heteroatoms. The van der Waals surface area contributed by atoms with Crippen LogP contribution in [0.3, 0.4) is 0 Å². The van der Waals surface area contributed by atoms with Crippen molar-refractivity contribution in [3.05, 3.63) is 108 Å². The van der Waals surface area contributed by atoms with E-state index in [1.165, 1.54) is 16.7 Å². The van der Waals surface area contributed by atoms with Crippen LogP contribution in [-0.4, -0.2) is 10.7 Å². The lowest BCUT2D eigenvalue weighted by Crippen LogP contribution is -2.91. The zero-order valence-corrected chi connectivity index (χ0v) is 16.5. The van der Waals surface area contributed by atoms with Gasteiger partial charge in [0.05, 0.1) is 5.60 Å². The van der Waals surface area contributed by atoms with Gasteiger partial charge in [0.1, 0.15) is 12.1 Å². The van der Waals surface area contributed by atoms with Crippen molar-refractivity contribution < 1.29 is 10.4 Å². The number of aliphatic hydroxyl groups is 1. The second kappa shape index (κ2) is 8.30. The van der Waals surface area contributed by atoms with Gasteiger partial charge in [-0.05, 0) is 12.0 Å². The minimum absolute atomic E-state index is 0.204. The van der Waals surface area contributed by atoms with E-state index in [1.54, 1.807) is 0 Å². The van der Waals surface area contributed by atoms with E-state index in [-0.39, 0.29) is 18.0 Å². The van der Waals surface area contributed by atoms with Crippen molar-refractivity contribution in [1.29, 1.82) is 0 Å². The highest BCUT2D eigenvalue weighted by molar-refractivity contribution is 5.25. The molecule has 0 saturated carbocycles. The molecule has 0 amide bonds. The van der Waals surface area contributed by atoms with Crippen LogP contribution in [0.4, 0.5) is 0 Å². The number of hydrogen-bond donors (Lipinski definition) is 2. The molecule has 28 heavy (non-hydrogen) atoms. The summed E-state index contributed by atoms with van der Waals surface area (Å²) in [4.78, 5) is 0. The van der Waals surface area contributed by atoms with E-state index in [1.807, 2.05) is 6.07 Å². The standard InChI is InChI=1S/C26H29NO/c1-2-23-25(22-16-10-5-11-17-22)27-24(21-14-8-4-9-15-21)19-26(23,28)18-20-12-6-3-7-13-20/h3-17,23-25,27-28H,2,18-19H2,1H3/p+1. The Morgan fingerprint density at radius 3 is 1.93 bits per heavy atom. The molecule has 144 valence electrons. The number of nitrogens with two attached hydrogens (primary N) is 1. The summed E-state index contributed by atoms with van der Waals surface area (Å²) in [6.07, 6.45) is 2.43. The smallest absolute Gasteiger partial charge is 0.118 e. The molecule has 0 aromatic heterocycles. The molecule has 0 spiro atoms. The van der Waals surface area contributed by atoms with Crippen molar-refractivity contribution in [2.75, 3.05) is 0 Å². The highest BCUT2D eigenvalue weighted by atomic mass is 16.3. The minimum Gasteiger partial charge on any atom is -0.389 e. The molecule has 4 rings (SSSR count). The van der Waals surface area contributed by atoms with Crippen molar-refractivity contribution in [2.45, 2.75) is 43.9 Å². The monoisotopic (exact) mass is 372 g/mol. The fourth-order valence-electron chi connectivity index (χ4n) is 5.05.